The van der Waals surface area contributed by atoms with E-state index in [1.54, 1.807) is 0 Å². The van der Waals surface area contributed by atoms with Gasteiger partial charge in [-0.3, -0.25) is 4.90 Å². The van der Waals surface area contributed by atoms with Crippen LogP contribution in [0.5, 0.6) is 0 Å². The summed E-state index contributed by atoms with van der Waals surface area (Å²) in [6.07, 6.45) is 5.04. The number of aromatic nitrogens is 3. The normalized spacial score (nSPS) is 15.3. The molecule has 106 valence electrons. The van der Waals surface area contributed by atoms with Gasteiger partial charge in [0, 0.05) is 42.9 Å². The second kappa shape index (κ2) is 4.97. The minimum absolute atomic E-state index is 0.864. The van der Waals surface area contributed by atoms with Crippen LogP contribution in [0.3, 0.4) is 0 Å². The highest BCUT2D eigenvalue weighted by atomic mass is 15.1. The van der Waals surface area contributed by atoms with Gasteiger partial charge in [0.05, 0.1) is 5.69 Å². The molecule has 0 spiro atoms. The zero-order chi connectivity index (χ0) is 14.2. The summed E-state index contributed by atoms with van der Waals surface area (Å²) < 4.78 is 0. The zero-order valence-corrected chi connectivity index (χ0v) is 12.1. The third-order valence-electron chi connectivity index (χ3n) is 4.22. The van der Waals surface area contributed by atoms with E-state index >= 15 is 0 Å². The van der Waals surface area contributed by atoms with Crippen LogP contribution in [0.2, 0.25) is 0 Å². The lowest BCUT2D eigenvalue weighted by atomic mass is 10.0. The second-order valence-electron chi connectivity index (χ2n) is 5.71. The van der Waals surface area contributed by atoms with Gasteiger partial charge in [-0.1, -0.05) is 12.1 Å². The molecule has 0 saturated carbocycles. The Kier molecular flexibility index (Phi) is 2.97. The lowest BCUT2D eigenvalue weighted by molar-refractivity contribution is 0.241. The van der Waals surface area contributed by atoms with Crippen LogP contribution in [0, 0.1) is 6.92 Å². The van der Waals surface area contributed by atoms with Crippen molar-refractivity contribution in [1.82, 2.24) is 19.9 Å². The number of nitrogens with one attached hydrogen (secondary N) is 1. The van der Waals surface area contributed by atoms with Gasteiger partial charge in [0.25, 0.3) is 0 Å². The molecule has 1 aliphatic heterocycles. The summed E-state index contributed by atoms with van der Waals surface area (Å²) in [4.78, 5) is 14.7. The Hall–Kier alpha value is -2.20. The summed E-state index contributed by atoms with van der Waals surface area (Å²) in [6, 6.07) is 8.63. The van der Waals surface area contributed by atoms with E-state index in [4.69, 9.17) is 0 Å². The van der Waals surface area contributed by atoms with Crippen LogP contribution in [-0.4, -0.2) is 26.4 Å². The molecule has 21 heavy (non-hydrogen) atoms. The summed E-state index contributed by atoms with van der Waals surface area (Å²) in [7, 11) is 0. The van der Waals surface area contributed by atoms with E-state index in [0.717, 1.165) is 31.9 Å². The van der Waals surface area contributed by atoms with Crippen LogP contribution in [-0.2, 0) is 19.5 Å². The van der Waals surface area contributed by atoms with E-state index in [-0.39, 0.29) is 0 Å². The highest BCUT2D eigenvalue weighted by molar-refractivity contribution is 5.82. The van der Waals surface area contributed by atoms with E-state index in [2.05, 4.69) is 44.1 Å². The van der Waals surface area contributed by atoms with Crippen LogP contribution >= 0.6 is 0 Å². The van der Waals surface area contributed by atoms with Crippen molar-refractivity contribution in [1.29, 1.82) is 0 Å². The van der Waals surface area contributed by atoms with Gasteiger partial charge in [0.15, 0.2) is 0 Å². The molecule has 4 heteroatoms. The molecule has 0 aliphatic carbocycles. The van der Waals surface area contributed by atoms with Crippen molar-refractivity contribution >= 4 is 10.9 Å². The largest absolute Gasteiger partial charge is 0.361 e. The van der Waals surface area contributed by atoms with Crippen molar-refractivity contribution in [3.8, 4) is 0 Å². The maximum Gasteiger partial charge on any atom is 0.125 e. The fourth-order valence-corrected chi connectivity index (χ4v) is 3.12. The lowest BCUT2D eigenvalue weighted by Gasteiger charge is -2.28. The first-order valence-corrected chi connectivity index (χ1v) is 7.38. The molecule has 1 aliphatic rings. The summed E-state index contributed by atoms with van der Waals surface area (Å²) in [5, 5.41) is 1.32. The van der Waals surface area contributed by atoms with Crippen molar-refractivity contribution in [2.75, 3.05) is 6.54 Å². The number of hydrogen-bond donors (Lipinski definition) is 1. The fourth-order valence-electron chi connectivity index (χ4n) is 3.12. The average molecular weight is 278 g/mol. The molecule has 0 atom stereocenters. The van der Waals surface area contributed by atoms with Crippen molar-refractivity contribution in [2.45, 2.75) is 26.4 Å². The fraction of sp³-hybridized carbons (Fsp3) is 0.294. The predicted octanol–water partition coefficient (Wildman–Crippen LogP) is 2.82. The van der Waals surface area contributed by atoms with Crippen LogP contribution in [0.1, 0.15) is 22.6 Å². The van der Waals surface area contributed by atoms with Gasteiger partial charge in [-0.25, -0.2) is 9.97 Å². The van der Waals surface area contributed by atoms with E-state index < -0.39 is 0 Å². The molecule has 0 fully saturated rings. The first kappa shape index (κ1) is 12.5. The molecule has 1 aromatic carbocycles. The van der Waals surface area contributed by atoms with Crippen LogP contribution in [0.4, 0.5) is 0 Å². The summed E-state index contributed by atoms with van der Waals surface area (Å²) >= 11 is 0. The first-order valence-electron chi connectivity index (χ1n) is 7.38. The van der Waals surface area contributed by atoms with Gasteiger partial charge >= 0.3 is 0 Å². The average Bonchev–Trinajstić information content (AvgIpc) is 2.96. The van der Waals surface area contributed by atoms with E-state index in [0.29, 0.717) is 0 Å². The molecule has 4 rings (SSSR count). The number of nitrogens with zero attached hydrogens (tertiary/aromatic N) is 3. The molecule has 1 N–H and O–H groups in total. The van der Waals surface area contributed by atoms with Crippen molar-refractivity contribution in [3.63, 3.8) is 0 Å². The van der Waals surface area contributed by atoms with Gasteiger partial charge in [0.2, 0.25) is 0 Å². The van der Waals surface area contributed by atoms with Gasteiger partial charge < -0.3 is 4.98 Å². The molecule has 2 aromatic heterocycles. The molecule has 0 saturated heterocycles. The molecule has 0 amide bonds. The molecule has 0 bridgehead atoms. The molecule has 4 nitrogen and oxygen atoms in total. The Morgan fingerprint density at radius 2 is 2.24 bits per heavy atom. The van der Waals surface area contributed by atoms with Crippen LogP contribution < -0.4 is 0 Å². The van der Waals surface area contributed by atoms with Crippen LogP contribution in [0.25, 0.3) is 10.9 Å². The van der Waals surface area contributed by atoms with Crippen molar-refractivity contribution in [3.05, 3.63) is 59.3 Å². The number of aromatic amines is 1. The maximum absolute atomic E-state index is 4.60. The summed E-state index contributed by atoms with van der Waals surface area (Å²) in [6.45, 7) is 4.91. The molecule has 3 heterocycles. The Morgan fingerprint density at radius 3 is 3.19 bits per heavy atom. The lowest BCUT2D eigenvalue weighted by Crippen LogP contribution is -2.31. The van der Waals surface area contributed by atoms with E-state index in [9.17, 15) is 0 Å². The third-order valence-corrected chi connectivity index (χ3v) is 4.22. The molecular formula is C17H18N4. The SMILES string of the molecule is Cc1ncc2c(n1)CN(Cc1cccc3[nH]ccc13)CC2. The zero-order valence-electron chi connectivity index (χ0n) is 12.1. The third kappa shape index (κ3) is 2.32. The Morgan fingerprint density at radius 1 is 1.29 bits per heavy atom. The predicted molar refractivity (Wildman–Crippen MR) is 82.9 cm³/mol. The summed E-state index contributed by atoms with van der Waals surface area (Å²) in [5.74, 6) is 0.864. The van der Waals surface area contributed by atoms with Gasteiger partial charge in [-0.15, -0.1) is 0 Å². The Labute approximate surface area is 123 Å². The first-order chi connectivity index (χ1) is 10.3. The number of aryl methyl sites for hydroxylation is 1. The topological polar surface area (TPSA) is 44.8 Å². The smallest absolute Gasteiger partial charge is 0.125 e. The Bertz CT molecular complexity index is 790. The quantitative estimate of drug-likeness (QED) is 0.784. The highest BCUT2D eigenvalue weighted by Crippen LogP contribution is 2.22. The van der Waals surface area contributed by atoms with Gasteiger partial charge in [-0.2, -0.15) is 0 Å². The Balaban J connectivity index is 1.60. The number of fused-ring (bicyclic) bond motifs is 2. The number of H-pyrrole nitrogens is 1. The number of benzene rings is 1. The van der Waals surface area contributed by atoms with Gasteiger partial charge in [0.1, 0.15) is 5.82 Å². The number of hydrogen-bond acceptors (Lipinski definition) is 3. The summed E-state index contributed by atoms with van der Waals surface area (Å²) in [5.41, 5.74) is 5.08. The van der Waals surface area contributed by atoms with E-state index in [1.165, 1.54) is 27.7 Å². The standard InChI is InChI=1S/C17H18N4/c1-12-19-9-13-6-8-21(11-17(13)20-12)10-14-3-2-4-16-15(14)5-7-18-16/h2-5,7,9,18H,6,8,10-11H2,1H3. The maximum atomic E-state index is 4.60. The molecule has 0 unspecified atom stereocenters. The highest BCUT2D eigenvalue weighted by Gasteiger charge is 2.18. The van der Waals surface area contributed by atoms with Crippen molar-refractivity contribution < 1.29 is 0 Å². The van der Waals surface area contributed by atoms with Gasteiger partial charge in [-0.05, 0) is 36.6 Å². The second-order valence-corrected chi connectivity index (χ2v) is 5.71. The molecular weight excluding hydrogens is 260 g/mol. The van der Waals surface area contributed by atoms with E-state index in [1.807, 2.05) is 19.3 Å². The molecule has 0 radical (unpaired) electrons. The van der Waals surface area contributed by atoms with Crippen molar-refractivity contribution in [2.24, 2.45) is 0 Å². The number of rotatable bonds is 2. The van der Waals surface area contributed by atoms with Crippen LogP contribution in [0.15, 0.2) is 36.7 Å². The minimum atomic E-state index is 0.864. The molecule has 3 aromatic rings. The monoisotopic (exact) mass is 278 g/mol. The minimum Gasteiger partial charge on any atom is -0.361 e.